The molecule has 0 aliphatic rings. The Kier molecular flexibility index (Phi) is 5.55. The van der Waals surface area contributed by atoms with Crippen LogP contribution in [0.4, 0.5) is 4.39 Å². The number of guanidine groups is 1. The maximum atomic E-state index is 13.8. The average molecular weight is 299 g/mol. The third-order valence-corrected chi connectivity index (χ3v) is 3.18. The summed E-state index contributed by atoms with van der Waals surface area (Å²) >= 11 is 0. The van der Waals surface area contributed by atoms with Gasteiger partial charge < -0.3 is 15.2 Å². The van der Waals surface area contributed by atoms with Gasteiger partial charge in [0.2, 0.25) is 0 Å². The van der Waals surface area contributed by atoms with Gasteiger partial charge in [-0.1, -0.05) is 6.07 Å². The van der Waals surface area contributed by atoms with Crippen LogP contribution in [0.5, 0.6) is 0 Å². The van der Waals surface area contributed by atoms with E-state index in [9.17, 15) is 4.39 Å². The Morgan fingerprint density at radius 2 is 2.09 bits per heavy atom. The van der Waals surface area contributed by atoms with Crippen molar-refractivity contribution >= 4 is 5.96 Å². The van der Waals surface area contributed by atoms with E-state index in [1.54, 1.807) is 19.2 Å². The molecule has 1 aromatic heterocycles. The topological polar surface area (TPSA) is 65.1 Å². The number of hydrogen-bond donors (Lipinski definition) is 2. The number of rotatable bonds is 5. The first-order valence-corrected chi connectivity index (χ1v) is 6.96. The summed E-state index contributed by atoms with van der Waals surface area (Å²) in [5.74, 6) is 0.213. The lowest BCUT2D eigenvalue weighted by Gasteiger charge is -2.12. The number of aromatic nitrogens is 1. The fourth-order valence-corrected chi connectivity index (χ4v) is 1.98. The van der Waals surface area contributed by atoms with Crippen LogP contribution in [0.1, 0.15) is 11.1 Å². The van der Waals surface area contributed by atoms with Crippen molar-refractivity contribution in [1.82, 2.24) is 15.2 Å². The molecule has 1 heterocycles. The minimum absolute atomic E-state index is 0.306. The summed E-state index contributed by atoms with van der Waals surface area (Å²) in [6.45, 7) is 1.84. The molecule has 114 valence electrons. The number of aliphatic imine (C=N–C) groups is 1. The van der Waals surface area contributed by atoms with E-state index in [4.69, 9.17) is 5.26 Å². The molecule has 0 saturated carbocycles. The smallest absolute Gasteiger partial charge is 0.191 e. The van der Waals surface area contributed by atoms with Gasteiger partial charge in [0, 0.05) is 44.6 Å². The highest BCUT2D eigenvalue weighted by Gasteiger charge is 2.04. The summed E-state index contributed by atoms with van der Waals surface area (Å²) in [4.78, 5) is 4.10. The van der Waals surface area contributed by atoms with Gasteiger partial charge in [-0.2, -0.15) is 5.26 Å². The third kappa shape index (κ3) is 4.35. The first-order valence-electron chi connectivity index (χ1n) is 6.96. The van der Waals surface area contributed by atoms with Gasteiger partial charge in [0.1, 0.15) is 5.82 Å². The van der Waals surface area contributed by atoms with Gasteiger partial charge >= 0.3 is 0 Å². The highest BCUT2D eigenvalue weighted by atomic mass is 19.1. The zero-order chi connectivity index (χ0) is 15.8. The Hall–Kier alpha value is -2.81. The van der Waals surface area contributed by atoms with Crippen molar-refractivity contribution in [2.75, 3.05) is 13.6 Å². The molecule has 0 saturated heterocycles. The van der Waals surface area contributed by atoms with E-state index >= 15 is 0 Å². The van der Waals surface area contributed by atoms with Gasteiger partial charge in [0.15, 0.2) is 5.96 Å². The predicted octanol–water partition coefficient (Wildman–Crippen LogP) is 1.86. The second-order valence-electron chi connectivity index (χ2n) is 4.69. The quantitative estimate of drug-likeness (QED) is 0.654. The molecule has 0 aliphatic heterocycles. The van der Waals surface area contributed by atoms with Gasteiger partial charge in [0.25, 0.3) is 0 Å². The van der Waals surface area contributed by atoms with E-state index in [-0.39, 0.29) is 0 Å². The molecule has 1 aromatic carbocycles. The van der Waals surface area contributed by atoms with Crippen LogP contribution in [0, 0.1) is 17.1 Å². The first-order chi connectivity index (χ1) is 10.7. The largest absolute Gasteiger partial charge is 0.355 e. The number of nitrogens with one attached hydrogen (secondary N) is 2. The molecule has 2 rings (SSSR count). The lowest BCUT2D eigenvalue weighted by atomic mass is 10.1. The summed E-state index contributed by atoms with van der Waals surface area (Å²) in [7, 11) is 1.67. The number of hydrogen-bond acceptors (Lipinski definition) is 2. The molecule has 0 atom stereocenters. The van der Waals surface area contributed by atoms with Gasteiger partial charge in [-0.05, 0) is 24.3 Å². The highest BCUT2D eigenvalue weighted by Crippen LogP contribution is 2.09. The van der Waals surface area contributed by atoms with Crippen LogP contribution in [0.2, 0.25) is 0 Å². The molecule has 2 N–H and O–H groups in total. The highest BCUT2D eigenvalue weighted by molar-refractivity contribution is 5.79. The predicted molar refractivity (Wildman–Crippen MR) is 83.7 cm³/mol. The molecule has 0 bridgehead atoms. The second-order valence-corrected chi connectivity index (χ2v) is 4.69. The molecule has 22 heavy (non-hydrogen) atoms. The standard InChI is InChI=1S/C16H18FN5/c1-19-16(20-6-9-22-7-2-3-8-22)21-12-14-5-4-13(11-18)10-15(14)17/h2-5,7-8,10H,6,9,12H2,1H3,(H2,19,20,21). The van der Waals surface area contributed by atoms with Gasteiger partial charge in [-0.15, -0.1) is 0 Å². The molecule has 6 heteroatoms. The molecule has 0 amide bonds. The number of benzene rings is 1. The number of nitrogens with zero attached hydrogens (tertiary/aromatic N) is 3. The summed E-state index contributed by atoms with van der Waals surface area (Å²) in [6.07, 6.45) is 3.98. The Labute approximate surface area is 129 Å². The minimum atomic E-state index is -0.394. The second kappa shape index (κ2) is 7.84. The molecular formula is C16H18FN5. The lowest BCUT2D eigenvalue weighted by Crippen LogP contribution is -2.38. The van der Waals surface area contributed by atoms with E-state index in [1.807, 2.05) is 30.6 Å². The molecule has 0 aliphatic carbocycles. The Bertz CT molecular complexity index is 670. The van der Waals surface area contributed by atoms with Gasteiger partial charge in [-0.25, -0.2) is 4.39 Å². The maximum Gasteiger partial charge on any atom is 0.191 e. The van der Waals surface area contributed by atoms with Gasteiger partial charge in [-0.3, -0.25) is 4.99 Å². The maximum absolute atomic E-state index is 13.8. The Morgan fingerprint density at radius 3 is 2.73 bits per heavy atom. The molecule has 0 radical (unpaired) electrons. The van der Waals surface area contributed by atoms with E-state index in [0.717, 1.165) is 6.54 Å². The third-order valence-electron chi connectivity index (χ3n) is 3.18. The van der Waals surface area contributed by atoms with Crippen LogP contribution >= 0.6 is 0 Å². The van der Waals surface area contributed by atoms with Crippen molar-refractivity contribution in [3.63, 3.8) is 0 Å². The van der Waals surface area contributed by atoms with Crippen LogP contribution in [-0.2, 0) is 13.1 Å². The molecule has 5 nitrogen and oxygen atoms in total. The van der Waals surface area contributed by atoms with Crippen molar-refractivity contribution in [2.45, 2.75) is 13.1 Å². The van der Waals surface area contributed by atoms with Crippen LogP contribution in [0.25, 0.3) is 0 Å². The normalized spacial score (nSPS) is 11.0. The van der Waals surface area contributed by atoms with Crippen LogP contribution < -0.4 is 10.6 Å². The lowest BCUT2D eigenvalue weighted by molar-refractivity contribution is 0.603. The monoisotopic (exact) mass is 299 g/mol. The molecular weight excluding hydrogens is 281 g/mol. The summed E-state index contributed by atoms with van der Waals surface area (Å²) in [5.41, 5.74) is 0.808. The van der Waals surface area contributed by atoms with Crippen LogP contribution in [0.3, 0.4) is 0 Å². The van der Waals surface area contributed by atoms with Crippen molar-refractivity contribution in [2.24, 2.45) is 4.99 Å². The van der Waals surface area contributed by atoms with E-state index in [2.05, 4.69) is 20.2 Å². The zero-order valence-corrected chi connectivity index (χ0v) is 12.4. The molecule has 0 unspecified atom stereocenters. The van der Waals surface area contributed by atoms with Crippen molar-refractivity contribution in [1.29, 1.82) is 5.26 Å². The average Bonchev–Trinajstić information content (AvgIpc) is 3.05. The molecule has 0 fully saturated rings. The van der Waals surface area contributed by atoms with E-state index in [1.165, 1.54) is 6.07 Å². The van der Waals surface area contributed by atoms with Crippen molar-refractivity contribution in [3.05, 3.63) is 59.7 Å². The van der Waals surface area contributed by atoms with E-state index < -0.39 is 5.82 Å². The van der Waals surface area contributed by atoms with Crippen molar-refractivity contribution in [3.8, 4) is 6.07 Å². The fourth-order valence-electron chi connectivity index (χ4n) is 1.98. The first kappa shape index (κ1) is 15.6. The number of nitriles is 1. The van der Waals surface area contributed by atoms with E-state index in [0.29, 0.717) is 30.2 Å². The van der Waals surface area contributed by atoms with Crippen LogP contribution in [-0.4, -0.2) is 24.1 Å². The zero-order valence-electron chi connectivity index (χ0n) is 12.4. The molecule has 2 aromatic rings. The molecule has 0 spiro atoms. The Balaban J connectivity index is 1.82. The minimum Gasteiger partial charge on any atom is -0.355 e. The summed E-state index contributed by atoms with van der Waals surface area (Å²) < 4.78 is 15.8. The SMILES string of the molecule is CN=C(NCCn1cccc1)NCc1ccc(C#N)cc1F. The fraction of sp³-hybridized carbons (Fsp3) is 0.250. The summed E-state index contributed by atoms with van der Waals surface area (Å²) in [6, 6.07) is 10.3. The van der Waals surface area contributed by atoms with Crippen molar-refractivity contribution < 1.29 is 4.39 Å². The van der Waals surface area contributed by atoms with Crippen LogP contribution in [0.15, 0.2) is 47.7 Å². The Morgan fingerprint density at radius 1 is 1.32 bits per heavy atom. The summed E-state index contributed by atoms with van der Waals surface area (Å²) in [5, 5.41) is 14.9. The number of halogens is 1. The van der Waals surface area contributed by atoms with Gasteiger partial charge in [0.05, 0.1) is 11.6 Å².